The largest absolute Gasteiger partial charge is 0.466 e. The minimum atomic E-state index is -0.114. The maximum atomic E-state index is 11.6. The molecular formula is C16H24O2. The normalized spacial score (nSPS) is 13.2. The van der Waals surface area contributed by atoms with E-state index in [1.165, 1.54) is 11.1 Å². The first-order valence-corrected chi connectivity index (χ1v) is 6.60. The first-order chi connectivity index (χ1) is 8.34. The number of esters is 1. The van der Waals surface area contributed by atoms with Crippen molar-refractivity contribution >= 4 is 5.97 Å². The van der Waals surface area contributed by atoms with Crippen LogP contribution in [0.5, 0.6) is 0 Å². The molecule has 0 heterocycles. The summed E-state index contributed by atoms with van der Waals surface area (Å²) in [6.07, 6.45) is 0.739. The average molecular weight is 248 g/mol. The summed E-state index contributed by atoms with van der Waals surface area (Å²) in [6.45, 7) is 10.8. The Labute approximate surface area is 110 Å². The van der Waals surface area contributed by atoms with Crippen LogP contribution in [0.4, 0.5) is 0 Å². The molecule has 2 nitrogen and oxygen atoms in total. The van der Waals surface area contributed by atoms with E-state index in [-0.39, 0.29) is 17.3 Å². The molecule has 0 aromatic heterocycles. The van der Waals surface area contributed by atoms with E-state index < -0.39 is 0 Å². The van der Waals surface area contributed by atoms with E-state index in [1.807, 2.05) is 13.8 Å². The third kappa shape index (κ3) is 4.17. The minimum Gasteiger partial charge on any atom is -0.466 e. The van der Waals surface area contributed by atoms with Crippen LogP contribution in [0.3, 0.4) is 0 Å². The lowest BCUT2D eigenvalue weighted by Crippen LogP contribution is -2.17. The van der Waals surface area contributed by atoms with Gasteiger partial charge in [0.2, 0.25) is 0 Å². The summed E-state index contributed by atoms with van der Waals surface area (Å²) in [5.74, 6) is -0.192. The Morgan fingerprint density at radius 1 is 1.22 bits per heavy atom. The van der Waals surface area contributed by atoms with Gasteiger partial charge < -0.3 is 4.74 Å². The Kier molecular flexibility index (Phi) is 4.94. The van der Waals surface area contributed by atoms with Crippen LogP contribution in [0.1, 0.15) is 45.7 Å². The monoisotopic (exact) mass is 248 g/mol. The van der Waals surface area contributed by atoms with Crippen LogP contribution in [0, 0.1) is 5.92 Å². The topological polar surface area (TPSA) is 26.3 Å². The molecular weight excluding hydrogens is 224 g/mol. The van der Waals surface area contributed by atoms with Crippen LogP contribution in [0.2, 0.25) is 0 Å². The summed E-state index contributed by atoms with van der Waals surface area (Å²) in [6, 6.07) is 8.51. The second-order valence-corrected chi connectivity index (χ2v) is 5.80. The highest BCUT2D eigenvalue weighted by Crippen LogP contribution is 2.23. The standard InChI is InChI=1S/C16H24O2/c1-6-18-15(17)12(2)11-13-7-9-14(10-8-13)16(3,4)5/h7-10,12H,6,11H2,1-5H3/t12-/m1/s1. The van der Waals surface area contributed by atoms with Gasteiger partial charge in [-0.3, -0.25) is 4.79 Å². The second kappa shape index (κ2) is 6.03. The number of hydrogen-bond donors (Lipinski definition) is 0. The number of benzene rings is 1. The highest BCUT2D eigenvalue weighted by molar-refractivity contribution is 5.72. The van der Waals surface area contributed by atoms with E-state index >= 15 is 0 Å². The maximum Gasteiger partial charge on any atom is 0.308 e. The van der Waals surface area contributed by atoms with Crippen molar-refractivity contribution in [1.29, 1.82) is 0 Å². The molecule has 2 heteroatoms. The van der Waals surface area contributed by atoms with E-state index in [9.17, 15) is 4.79 Å². The molecule has 1 aromatic carbocycles. The zero-order chi connectivity index (χ0) is 13.8. The van der Waals surface area contributed by atoms with Gasteiger partial charge in [-0.1, -0.05) is 52.0 Å². The van der Waals surface area contributed by atoms with Gasteiger partial charge >= 0.3 is 5.97 Å². The lowest BCUT2D eigenvalue weighted by atomic mass is 9.86. The molecule has 0 bridgehead atoms. The molecule has 1 aromatic rings. The molecule has 0 saturated carbocycles. The van der Waals surface area contributed by atoms with Crippen LogP contribution in [0.15, 0.2) is 24.3 Å². The van der Waals surface area contributed by atoms with Crippen molar-refractivity contribution < 1.29 is 9.53 Å². The van der Waals surface area contributed by atoms with Gasteiger partial charge in [0.05, 0.1) is 12.5 Å². The molecule has 0 amide bonds. The SMILES string of the molecule is CCOC(=O)[C@H](C)Cc1ccc(C(C)(C)C)cc1. The molecule has 0 N–H and O–H groups in total. The van der Waals surface area contributed by atoms with Crippen LogP contribution < -0.4 is 0 Å². The summed E-state index contributed by atoms with van der Waals surface area (Å²) in [5.41, 5.74) is 2.67. The first-order valence-electron chi connectivity index (χ1n) is 6.60. The van der Waals surface area contributed by atoms with E-state index in [2.05, 4.69) is 45.0 Å². The Hall–Kier alpha value is -1.31. The fraction of sp³-hybridized carbons (Fsp3) is 0.562. The third-order valence-corrected chi connectivity index (χ3v) is 3.05. The number of rotatable bonds is 4. The maximum absolute atomic E-state index is 11.6. The molecule has 1 atom stereocenters. The van der Waals surface area contributed by atoms with Gasteiger partial charge in [0.1, 0.15) is 0 Å². The molecule has 0 spiro atoms. The second-order valence-electron chi connectivity index (χ2n) is 5.80. The minimum absolute atomic E-state index is 0.0783. The van der Waals surface area contributed by atoms with Gasteiger partial charge in [0, 0.05) is 0 Å². The molecule has 0 radical (unpaired) electrons. The van der Waals surface area contributed by atoms with Gasteiger partial charge in [-0.25, -0.2) is 0 Å². The molecule has 0 aliphatic carbocycles. The van der Waals surface area contributed by atoms with Crippen molar-refractivity contribution in [3.05, 3.63) is 35.4 Å². The van der Waals surface area contributed by atoms with Crippen molar-refractivity contribution in [3.63, 3.8) is 0 Å². The lowest BCUT2D eigenvalue weighted by molar-refractivity contribution is -0.147. The van der Waals surface area contributed by atoms with Crippen molar-refractivity contribution in [1.82, 2.24) is 0 Å². The van der Waals surface area contributed by atoms with Gasteiger partial charge in [0.25, 0.3) is 0 Å². The Morgan fingerprint density at radius 2 is 1.78 bits per heavy atom. The summed E-state index contributed by atoms with van der Waals surface area (Å²) in [4.78, 5) is 11.6. The molecule has 0 aliphatic rings. The fourth-order valence-corrected chi connectivity index (χ4v) is 1.86. The van der Waals surface area contributed by atoms with Crippen LogP contribution in [0.25, 0.3) is 0 Å². The predicted molar refractivity (Wildman–Crippen MR) is 74.6 cm³/mol. The lowest BCUT2D eigenvalue weighted by Gasteiger charge is -2.19. The summed E-state index contributed by atoms with van der Waals surface area (Å²) >= 11 is 0. The van der Waals surface area contributed by atoms with Crippen molar-refractivity contribution in [2.24, 2.45) is 5.92 Å². The fourth-order valence-electron chi connectivity index (χ4n) is 1.86. The summed E-state index contributed by atoms with van der Waals surface area (Å²) < 4.78 is 5.01. The molecule has 0 fully saturated rings. The Balaban J connectivity index is 2.67. The first kappa shape index (κ1) is 14.7. The summed E-state index contributed by atoms with van der Waals surface area (Å²) in [7, 11) is 0. The van der Waals surface area contributed by atoms with E-state index in [0.717, 1.165) is 6.42 Å². The number of ether oxygens (including phenoxy) is 1. The van der Waals surface area contributed by atoms with Gasteiger partial charge in [-0.05, 0) is 29.9 Å². The zero-order valence-corrected chi connectivity index (χ0v) is 12.1. The molecule has 100 valence electrons. The molecule has 18 heavy (non-hydrogen) atoms. The van der Waals surface area contributed by atoms with Crippen LogP contribution in [-0.4, -0.2) is 12.6 Å². The molecule has 0 aliphatic heterocycles. The van der Waals surface area contributed by atoms with Crippen molar-refractivity contribution in [3.8, 4) is 0 Å². The van der Waals surface area contributed by atoms with Crippen LogP contribution in [-0.2, 0) is 21.4 Å². The molecule has 0 saturated heterocycles. The molecule has 0 unspecified atom stereocenters. The predicted octanol–water partition coefficient (Wildman–Crippen LogP) is 3.73. The molecule has 1 rings (SSSR count). The number of hydrogen-bond acceptors (Lipinski definition) is 2. The van der Waals surface area contributed by atoms with Gasteiger partial charge in [-0.2, -0.15) is 0 Å². The number of carbonyl (C=O) groups excluding carboxylic acids is 1. The smallest absolute Gasteiger partial charge is 0.308 e. The highest BCUT2D eigenvalue weighted by atomic mass is 16.5. The van der Waals surface area contributed by atoms with E-state index in [0.29, 0.717) is 6.61 Å². The Bertz CT molecular complexity index is 385. The average Bonchev–Trinajstić information content (AvgIpc) is 2.28. The van der Waals surface area contributed by atoms with E-state index in [1.54, 1.807) is 0 Å². The Morgan fingerprint density at radius 3 is 2.22 bits per heavy atom. The highest BCUT2D eigenvalue weighted by Gasteiger charge is 2.16. The zero-order valence-electron chi connectivity index (χ0n) is 12.1. The third-order valence-electron chi connectivity index (χ3n) is 3.05. The van der Waals surface area contributed by atoms with E-state index in [4.69, 9.17) is 4.74 Å². The van der Waals surface area contributed by atoms with Crippen molar-refractivity contribution in [2.75, 3.05) is 6.61 Å². The van der Waals surface area contributed by atoms with Crippen LogP contribution >= 0.6 is 0 Å². The van der Waals surface area contributed by atoms with Gasteiger partial charge in [0.15, 0.2) is 0 Å². The van der Waals surface area contributed by atoms with Gasteiger partial charge in [-0.15, -0.1) is 0 Å². The number of carbonyl (C=O) groups is 1. The summed E-state index contributed by atoms with van der Waals surface area (Å²) in [5, 5.41) is 0. The van der Waals surface area contributed by atoms with Crippen molar-refractivity contribution in [2.45, 2.75) is 46.5 Å². The quantitative estimate of drug-likeness (QED) is 0.759.